The van der Waals surface area contributed by atoms with Gasteiger partial charge in [0.05, 0.1) is 10.7 Å². The van der Waals surface area contributed by atoms with E-state index in [0.717, 1.165) is 5.69 Å². The monoisotopic (exact) mass is 467 g/mol. The van der Waals surface area contributed by atoms with Gasteiger partial charge in [0, 0.05) is 51.1 Å². The molecule has 1 saturated heterocycles. The van der Waals surface area contributed by atoms with Gasteiger partial charge in [-0.05, 0) is 45.9 Å². The molecular weight excluding hydrogens is 434 g/mol. The normalized spacial score (nSPS) is 14.0. The first-order valence-corrected chi connectivity index (χ1v) is 11.2. The highest BCUT2D eigenvalue weighted by Crippen LogP contribution is 2.28. The Morgan fingerprint density at radius 3 is 2.34 bits per heavy atom. The molecule has 32 heavy (non-hydrogen) atoms. The van der Waals surface area contributed by atoms with Crippen molar-refractivity contribution in [2.24, 2.45) is 0 Å². The predicted molar refractivity (Wildman–Crippen MR) is 126 cm³/mol. The Morgan fingerprint density at radius 2 is 1.78 bits per heavy atom. The van der Waals surface area contributed by atoms with Crippen molar-refractivity contribution in [1.29, 1.82) is 0 Å². The molecule has 0 aromatic heterocycles. The fourth-order valence-electron chi connectivity index (χ4n) is 3.42. The zero-order valence-electron chi connectivity index (χ0n) is 19.5. The third-order valence-electron chi connectivity index (χ3n) is 5.09. The summed E-state index contributed by atoms with van der Waals surface area (Å²) in [5, 5.41) is 6.14. The first-order chi connectivity index (χ1) is 15.1. The van der Waals surface area contributed by atoms with Gasteiger partial charge in [0.1, 0.15) is 13.2 Å². The molecule has 0 saturated carbocycles. The molecule has 2 rings (SSSR count). The second kappa shape index (κ2) is 11.9. The topological polar surface area (TPSA) is 94.2 Å². The smallest absolute Gasteiger partial charge is 0.317 e. The van der Waals surface area contributed by atoms with Gasteiger partial charge in [-0.15, -0.1) is 0 Å². The summed E-state index contributed by atoms with van der Waals surface area (Å²) in [7, 11) is 1.44. The number of carbonyl (C=O) groups is 3. The summed E-state index contributed by atoms with van der Waals surface area (Å²) in [6.45, 7) is 9.94. The number of benzene rings is 1. The van der Waals surface area contributed by atoms with Gasteiger partial charge in [-0.2, -0.15) is 0 Å². The van der Waals surface area contributed by atoms with E-state index in [4.69, 9.17) is 16.3 Å². The maximum atomic E-state index is 12.6. The molecule has 1 aliphatic heterocycles. The molecule has 178 valence electrons. The van der Waals surface area contributed by atoms with E-state index in [0.29, 0.717) is 36.9 Å². The standard InChI is InChI=1S/C22H34ClN5O4/c1-15(2)24-22(31)27-10-8-26(9-11-27)17-6-7-18(23)19(12-17)25-20(29)13-28(16(3)4)21(30)14-32-5/h6-7,12,15-16H,8-11,13-14H2,1-5H3,(H,24,31)(H,25,29). The molecule has 1 aromatic carbocycles. The Labute approximate surface area is 195 Å². The summed E-state index contributed by atoms with van der Waals surface area (Å²) in [4.78, 5) is 42.4. The highest BCUT2D eigenvalue weighted by molar-refractivity contribution is 6.33. The van der Waals surface area contributed by atoms with Gasteiger partial charge >= 0.3 is 6.03 Å². The van der Waals surface area contributed by atoms with E-state index in [2.05, 4.69) is 15.5 Å². The molecule has 0 atom stereocenters. The van der Waals surface area contributed by atoms with Crippen LogP contribution in [0.3, 0.4) is 0 Å². The van der Waals surface area contributed by atoms with Crippen LogP contribution in [0.25, 0.3) is 0 Å². The lowest BCUT2D eigenvalue weighted by atomic mass is 10.2. The number of carbonyl (C=O) groups excluding carboxylic acids is 3. The molecule has 0 aliphatic carbocycles. The van der Waals surface area contributed by atoms with Gasteiger partial charge < -0.3 is 30.1 Å². The van der Waals surface area contributed by atoms with Crippen molar-refractivity contribution in [3.8, 4) is 0 Å². The third kappa shape index (κ3) is 7.27. The van der Waals surface area contributed by atoms with E-state index >= 15 is 0 Å². The van der Waals surface area contributed by atoms with Crippen LogP contribution in [0, 0.1) is 0 Å². The Balaban J connectivity index is 2.01. The Morgan fingerprint density at radius 1 is 1.12 bits per heavy atom. The quantitative estimate of drug-likeness (QED) is 0.612. The van der Waals surface area contributed by atoms with E-state index in [1.165, 1.54) is 12.0 Å². The molecule has 1 fully saturated rings. The number of halogens is 1. The molecule has 4 amide bonds. The SMILES string of the molecule is COCC(=O)N(CC(=O)Nc1cc(N2CCN(C(=O)NC(C)C)CC2)ccc1Cl)C(C)C. The van der Waals surface area contributed by atoms with Crippen molar-refractivity contribution in [1.82, 2.24) is 15.1 Å². The van der Waals surface area contributed by atoms with E-state index in [9.17, 15) is 14.4 Å². The minimum Gasteiger partial charge on any atom is -0.375 e. The largest absolute Gasteiger partial charge is 0.375 e. The number of amides is 4. The average Bonchev–Trinajstić information content (AvgIpc) is 2.73. The van der Waals surface area contributed by atoms with Crippen molar-refractivity contribution in [3.05, 3.63) is 23.2 Å². The van der Waals surface area contributed by atoms with Gasteiger partial charge in [0.2, 0.25) is 11.8 Å². The van der Waals surface area contributed by atoms with Crippen molar-refractivity contribution >= 4 is 40.8 Å². The predicted octanol–water partition coefficient (Wildman–Crippen LogP) is 2.40. The summed E-state index contributed by atoms with van der Waals surface area (Å²) in [5.41, 5.74) is 1.39. The van der Waals surface area contributed by atoms with Crippen LogP contribution in [0.1, 0.15) is 27.7 Å². The van der Waals surface area contributed by atoms with Crippen LogP contribution >= 0.6 is 11.6 Å². The summed E-state index contributed by atoms with van der Waals surface area (Å²) in [6.07, 6.45) is 0. The van der Waals surface area contributed by atoms with Gasteiger partial charge in [-0.25, -0.2) is 4.79 Å². The minimum atomic E-state index is -0.336. The number of rotatable bonds is 8. The number of urea groups is 1. The number of anilines is 2. The second-order valence-electron chi connectivity index (χ2n) is 8.34. The number of nitrogens with zero attached hydrogens (tertiary/aromatic N) is 3. The first-order valence-electron chi connectivity index (χ1n) is 10.8. The summed E-state index contributed by atoms with van der Waals surface area (Å²) < 4.78 is 4.90. The molecule has 1 heterocycles. The molecule has 2 N–H and O–H groups in total. The van der Waals surface area contributed by atoms with Crippen LogP contribution < -0.4 is 15.5 Å². The maximum absolute atomic E-state index is 12.6. The molecule has 0 bridgehead atoms. The number of nitrogens with one attached hydrogen (secondary N) is 2. The summed E-state index contributed by atoms with van der Waals surface area (Å²) in [5.74, 6) is -0.589. The zero-order valence-corrected chi connectivity index (χ0v) is 20.2. The Bertz CT molecular complexity index is 810. The molecule has 1 aromatic rings. The molecule has 1 aliphatic rings. The summed E-state index contributed by atoms with van der Waals surface area (Å²) in [6, 6.07) is 5.35. The van der Waals surface area contributed by atoms with Crippen LogP contribution in [-0.2, 0) is 14.3 Å². The van der Waals surface area contributed by atoms with Crippen molar-refractivity contribution in [3.63, 3.8) is 0 Å². The highest BCUT2D eigenvalue weighted by atomic mass is 35.5. The molecule has 0 radical (unpaired) electrons. The maximum Gasteiger partial charge on any atom is 0.317 e. The molecule has 9 nitrogen and oxygen atoms in total. The Hall–Kier alpha value is -2.52. The van der Waals surface area contributed by atoms with Gasteiger partial charge in [0.25, 0.3) is 0 Å². The van der Waals surface area contributed by atoms with E-state index in [-0.39, 0.29) is 43.1 Å². The second-order valence-corrected chi connectivity index (χ2v) is 8.75. The van der Waals surface area contributed by atoms with Crippen LogP contribution in [0.15, 0.2) is 18.2 Å². The zero-order chi connectivity index (χ0) is 23.8. The lowest BCUT2D eigenvalue weighted by molar-refractivity contribution is -0.139. The molecule has 10 heteroatoms. The molecule has 0 spiro atoms. The lowest BCUT2D eigenvalue weighted by Crippen LogP contribution is -2.52. The Kier molecular flexibility index (Phi) is 9.59. The van der Waals surface area contributed by atoms with Crippen molar-refractivity contribution < 1.29 is 19.1 Å². The lowest BCUT2D eigenvalue weighted by Gasteiger charge is -2.36. The first kappa shape index (κ1) is 25.7. The number of piperazine rings is 1. The number of hydrogen-bond donors (Lipinski definition) is 2. The van der Waals surface area contributed by atoms with E-state index in [1.54, 1.807) is 11.0 Å². The minimum absolute atomic E-state index is 0.0542. The fraction of sp³-hybridized carbons (Fsp3) is 0.591. The number of ether oxygens (including phenoxy) is 1. The van der Waals surface area contributed by atoms with Crippen LogP contribution in [0.5, 0.6) is 0 Å². The highest BCUT2D eigenvalue weighted by Gasteiger charge is 2.23. The van der Waals surface area contributed by atoms with Crippen LogP contribution in [0.2, 0.25) is 5.02 Å². The summed E-state index contributed by atoms with van der Waals surface area (Å²) >= 11 is 6.31. The van der Waals surface area contributed by atoms with Crippen LogP contribution in [-0.4, -0.2) is 86.2 Å². The van der Waals surface area contributed by atoms with Crippen molar-refractivity contribution in [2.45, 2.75) is 39.8 Å². The van der Waals surface area contributed by atoms with Gasteiger partial charge in [0.15, 0.2) is 0 Å². The molecule has 0 unspecified atom stereocenters. The van der Waals surface area contributed by atoms with Crippen molar-refractivity contribution in [2.75, 3.05) is 56.7 Å². The van der Waals surface area contributed by atoms with Gasteiger partial charge in [-0.1, -0.05) is 11.6 Å². The third-order valence-corrected chi connectivity index (χ3v) is 5.42. The van der Waals surface area contributed by atoms with Gasteiger partial charge in [-0.3, -0.25) is 9.59 Å². The fourth-order valence-corrected chi connectivity index (χ4v) is 3.59. The number of hydrogen-bond acceptors (Lipinski definition) is 5. The van der Waals surface area contributed by atoms with Crippen LogP contribution in [0.4, 0.5) is 16.2 Å². The average molecular weight is 468 g/mol. The van der Waals surface area contributed by atoms with E-state index < -0.39 is 0 Å². The van der Waals surface area contributed by atoms with E-state index in [1.807, 2.05) is 39.8 Å². The number of methoxy groups -OCH3 is 1. The molecular formula is C22H34ClN5O4.